The molecule has 12 unspecified atom stereocenters. The van der Waals surface area contributed by atoms with Crippen molar-refractivity contribution >= 4 is 0 Å². The molecule has 0 aliphatic heterocycles. The van der Waals surface area contributed by atoms with Gasteiger partial charge in [-0.1, -0.05) is 0 Å². The highest BCUT2D eigenvalue weighted by Gasteiger charge is 2.92. The van der Waals surface area contributed by atoms with Gasteiger partial charge in [0.05, 0.1) is 0 Å². The third-order valence-corrected chi connectivity index (χ3v) is 9.25. The van der Waals surface area contributed by atoms with E-state index in [1.54, 1.807) is 12.8 Å². The molecule has 0 heterocycles. The van der Waals surface area contributed by atoms with Gasteiger partial charge in [0.25, 0.3) is 0 Å². The van der Waals surface area contributed by atoms with Crippen LogP contribution in [0.3, 0.4) is 0 Å². The monoisotopic (exact) mass is 214 g/mol. The van der Waals surface area contributed by atoms with Crippen LogP contribution < -0.4 is 0 Å². The lowest BCUT2D eigenvalue weighted by Crippen LogP contribution is -2.38. The molecule has 4 bridgehead atoms. The molecule has 8 saturated carbocycles. The van der Waals surface area contributed by atoms with Crippen molar-refractivity contribution in [2.75, 3.05) is 6.61 Å². The summed E-state index contributed by atoms with van der Waals surface area (Å²) >= 11 is 0. The number of aliphatic hydroxyl groups excluding tert-OH is 1. The van der Waals surface area contributed by atoms with Gasteiger partial charge in [-0.15, -0.1) is 0 Å². The summed E-state index contributed by atoms with van der Waals surface area (Å²) in [5.41, 5.74) is 0.492. The molecule has 8 fully saturated rings. The maximum absolute atomic E-state index is 10.2. The summed E-state index contributed by atoms with van der Waals surface area (Å²) < 4.78 is 0. The first-order chi connectivity index (χ1) is 7.89. The summed E-state index contributed by atoms with van der Waals surface area (Å²) in [6.07, 6.45) is 3.13. The number of rotatable bonds is 1. The van der Waals surface area contributed by atoms with Crippen molar-refractivity contribution in [2.24, 2.45) is 70.5 Å². The van der Waals surface area contributed by atoms with Gasteiger partial charge in [-0.3, -0.25) is 0 Å². The van der Waals surface area contributed by atoms with Crippen LogP contribution in [0.2, 0.25) is 0 Å². The molecule has 84 valence electrons. The molecule has 0 aromatic rings. The van der Waals surface area contributed by atoms with E-state index in [1.165, 1.54) is 11.8 Å². The molecule has 1 heteroatoms. The largest absolute Gasteiger partial charge is 0.396 e. The van der Waals surface area contributed by atoms with Crippen molar-refractivity contribution < 1.29 is 5.11 Å². The lowest BCUT2D eigenvalue weighted by atomic mass is 9.68. The molecule has 8 aliphatic rings. The minimum Gasteiger partial charge on any atom is -0.396 e. The van der Waals surface area contributed by atoms with Crippen LogP contribution in [-0.4, -0.2) is 11.7 Å². The first kappa shape index (κ1) is 7.41. The third kappa shape index (κ3) is 0.358. The lowest BCUT2D eigenvalue weighted by molar-refractivity contribution is 0.0190. The Morgan fingerprint density at radius 1 is 0.812 bits per heavy atom. The maximum atomic E-state index is 10.2. The second kappa shape index (κ2) is 1.66. The number of hydrogen-bond donors (Lipinski definition) is 1. The normalized spacial score (nSPS) is 90.2. The molecule has 1 nitrogen and oxygen atoms in total. The van der Waals surface area contributed by atoms with E-state index in [0.29, 0.717) is 12.0 Å². The second-order valence-corrected chi connectivity index (χ2v) is 8.28. The quantitative estimate of drug-likeness (QED) is 0.703. The molecule has 1 N–H and O–H groups in total. The van der Waals surface area contributed by atoms with Gasteiger partial charge in [-0.25, -0.2) is 0 Å². The molecule has 8 aliphatic carbocycles. The highest BCUT2D eigenvalue weighted by molar-refractivity contribution is 5.39. The maximum Gasteiger partial charge on any atom is 0.0495 e. The Balaban J connectivity index is 1.71. The molecule has 12 atom stereocenters. The van der Waals surface area contributed by atoms with Gasteiger partial charge >= 0.3 is 0 Å². The molecule has 16 heavy (non-hydrogen) atoms. The average Bonchev–Trinajstić information content (AvgIpc) is 2.97. The smallest absolute Gasteiger partial charge is 0.0495 e. The Morgan fingerprint density at radius 2 is 1.50 bits per heavy atom. The topological polar surface area (TPSA) is 20.2 Å². The van der Waals surface area contributed by atoms with E-state index < -0.39 is 0 Å². The summed E-state index contributed by atoms with van der Waals surface area (Å²) in [7, 11) is 0. The molecule has 0 aromatic heterocycles. The van der Waals surface area contributed by atoms with Crippen LogP contribution in [0.4, 0.5) is 0 Å². The zero-order valence-corrected chi connectivity index (χ0v) is 9.42. The van der Waals surface area contributed by atoms with Gasteiger partial charge in [-0.2, -0.15) is 0 Å². The van der Waals surface area contributed by atoms with Gasteiger partial charge in [-0.05, 0) is 77.9 Å². The van der Waals surface area contributed by atoms with Crippen LogP contribution in [0.15, 0.2) is 0 Å². The summed E-state index contributed by atoms with van der Waals surface area (Å²) in [5, 5.41) is 10.2. The summed E-state index contributed by atoms with van der Waals surface area (Å²) in [5.74, 6) is 12.1. The predicted octanol–water partition coefficient (Wildman–Crippen LogP) is 1.62. The van der Waals surface area contributed by atoms with Crippen LogP contribution >= 0.6 is 0 Å². The van der Waals surface area contributed by atoms with Crippen molar-refractivity contribution in [2.45, 2.75) is 12.8 Å². The van der Waals surface area contributed by atoms with Crippen LogP contribution in [0.1, 0.15) is 12.8 Å². The van der Waals surface area contributed by atoms with E-state index in [1.807, 2.05) is 0 Å². The second-order valence-electron chi connectivity index (χ2n) is 8.28. The van der Waals surface area contributed by atoms with E-state index in [-0.39, 0.29) is 0 Å². The highest BCUT2D eigenvalue weighted by atomic mass is 16.3. The molecule has 0 amide bonds. The molecule has 0 radical (unpaired) electrons. The zero-order chi connectivity index (χ0) is 9.97. The average molecular weight is 214 g/mol. The zero-order valence-electron chi connectivity index (χ0n) is 9.42. The molecule has 0 saturated heterocycles. The van der Waals surface area contributed by atoms with Crippen molar-refractivity contribution in [3.63, 3.8) is 0 Å². The van der Waals surface area contributed by atoms with Crippen LogP contribution in [-0.2, 0) is 0 Å². The summed E-state index contributed by atoms with van der Waals surface area (Å²) in [4.78, 5) is 0. The van der Waals surface area contributed by atoms with E-state index in [2.05, 4.69) is 0 Å². The van der Waals surface area contributed by atoms with Gasteiger partial charge in [0.15, 0.2) is 0 Å². The SMILES string of the molecule is OCC12C3CC4C5C6C7CC(C6C41)C2C7C53. The van der Waals surface area contributed by atoms with E-state index in [9.17, 15) is 5.11 Å². The van der Waals surface area contributed by atoms with Crippen LogP contribution in [0.25, 0.3) is 0 Å². The van der Waals surface area contributed by atoms with E-state index >= 15 is 0 Å². The van der Waals surface area contributed by atoms with Crippen molar-refractivity contribution in [3.8, 4) is 0 Å². The summed E-state index contributed by atoms with van der Waals surface area (Å²) in [6, 6.07) is 0. The highest BCUT2D eigenvalue weighted by Crippen LogP contribution is 2.96. The minimum atomic E-state index is 0.492. The molecular weight excluding hydrogens is 196 g/mol. The lowest BCUT2D eigenvalue weighted by Gasteiger charge is -2.37. The van der Waals surface area contributed by atoms with Crippen molar-refractivity contribution in [3.05, 3.63) is 0 Å². The number of aliphatic hydroxyl groups is 1. The van der Waals surface area contributed by atoms with Gasteiger partial charge in [0.2, 0.25) is 0 Å². The fourth-order valence-electron chi connectivity index (χ4n) is 10.2. The summed E-state index contributed by atoms with van der Waals surface area (Å²) in [6.45, 7) is 0.565. The molecular formula is C15H18O. The van der Waals surface area contributed by atoms with Gasteiger partial charge in [0.1, 0.15) is 0 Å². The molecule has 0 spiro atoms. The Labute approximate surface area is 95.6 Å². The van der Waals surface area contributed by atoms with Crippen LogP contribution in [0, 0.1) is 70.5 Å². The Hall–Kier alpha value is -0.0400. The minimum absolute atomic E-state index is 0.492. The fourth-order valence-corrected chi connectivity index (χ4v) is 10.2. The van der Waals surface area contributed by atoms with Crippen molar-refractivity contribution in [1.82, 2.24) is 0 Å². The first-order valence-corrected chi connectivity index (χ1v) is 7.50. The third-order valence-electron chi connectivity index (χ3n) is 9.25. The van der Waals surface area contributed by atoms with E-state index in [0.717, 1.165) is 53.3 Å². The Morgan fingerprint density at radius 3 is 2.31 bits per heavy atom. The predicted molar refractivity (Wildman–Crippen MR) is 57.1 cm³/mol. The fraction of sp³-hybridized carbons (Fsp3) is 1.00. The molecule has 8 rings (SSSR count). The van der Waals surface area contributed by atoms with E-state index in [4.69, 9.17) is 0 Å². The molecule has 0 aromatic carbocycles. The van der Waals surface area contributed by atoms with Crippen LogP contribution in [0.5, 0.6) is 0 Å². The Bertz CT molecular complexity index is 444. The standard InChI is InChI=1S/C15H18O/c16-3-15-7-2-6-9-8-4-1-5(11(8)14(6)15)13(15)10(4)12(7)9/h4-14,16H,1-3H2. The van der Waals surface area contributed by atoms with Gasteiger partial charge in [0, 0.05) is 12.0 Å². The first-order valence-electron chi connectivity index (χ1n) is 7.50. The van der Waals surface area contributed by atoms with Gasteiger partial charge < -0.3 is 5.11 Å². The Kier molecular flexibility index (Phi) is 0.767. The number of hydrogen-bond acceptors (Lipinski definition) is 1. The van der Waals surface area contributed by atoms with Crippen molar-refractivity contribution in [1.29, 1.82) is 0 Å².